The Morgan fingerprint density at radius 2 is 2.05 bits per heavy atom. The molecule has 0 atom stereocenters. The molecule has 0 bridgehead atoms. The molecule has 1 rings (SSSR count). The molecule has 3 N–H and O–H groups in total. The molecule has 6 nitrogen and oxygen atoms in total. The third-order valence-electron chi connectivity index (χ3n) is 2.18. The predicted molar refractivity (Wildman–Crippen MR) is 80.4 cm³/mol. The maximum atomic E-state index is 11.2. The van der Waals surface area contributed by atoms with Gasteiger partial charge in [0.15, 0.2) is 0 Å². The van der Waals surface area contributed by atoms with Crippen LogP contribution in [0, 0.1) is 0 Å². The summed E-state index contributed by atoms with van der Waals surface area (Å²) in [6.45, 7) is 2.55. The molecular formula is C13H20ClN3O3. The van der Waals surface area contributed by atoms with Gasteiger partial charge < -0.3 is 20.7 Å². The minimum absolute atomic E-state index is 0. The van der Waals surface area contributed by atoms with Gasteiger partial charge in [-0.3, -0.25) is 9.59 Å². The van der Waals surface area contributed by atoms with Crippen LogP contribution in [-0.2, 0) is 9.59 Å². The third kappa shape index (κ3) is 7.60. The van der Waals surface area contributed by atoms with E-state index in [2.05, 4.69) is 16.0 Å². The van der Waals surface area contributed by atoms with E-state index in [0.717, 1.165) is 0 Å². The van der Waals surface area contributed by atoms with Gasteiger partial charge in [0.1, 0.15) is 12.4 Å². The molecule has 0 radical (unpaired) electrons. The number of nitrogens with one attached hydrogen (secondary N) is 3. The van der Waals surface area contributed by atoms with Gasteiger partial charge >= 0.3 is 0 Å². The van der Waals surface area contributed by atoms with Gasteiger partial charge in [-0.1, -0.05) is 6.07 Å². The molecule has 0 fully saturated rings. The van der Waals surface area contributed by atoms with Crippen LogP contribution in [0.2, 0.25) is 0 Å². The van der Waals surface area contributed by atoms with E-state index in [4.69, 9.17) is 4.74 Å². The van der Waals surface area contributed by atoms with Crippen molar-refractivity contribution >= 4 is 29.9 Å². The Hall–Kier alpha value is -1.79. The summed E-state index contributed by atoms with van der Waals surface area (Å²) in [7, 11) is 1.71. The third-order valence-corrected chi connectivity index (χ3v) is 2.18. The van der Waals surface area contributed by atoms with Crippen molar-refractivity contribution in [2.24, 2.45) is 0 Å². The number of halogens is 1. The lowest BCUT2D eigenvalue weighted by molar-refractivity contribution is -0.120. The molecule has 0 saturated carbocycles. The predicted octanol–water partition coefficient (Wildman–Crippen LogP) is 0.781. The van der Waals surface area contributed by atoms with Crippen LogP contribution >= 0.6 is 12.4 Å². The molecule has 0 unspecified atom stereocenters. The van der Waals surface area contributed by atoms with E-state index in [1.807, 2.05) is 0 Å². The van der Waals surface area contributed by atoms with Crippen molar-refractivity contribution in [1.29, 1.82) is 0 Å². The van der Waals surface area contributed by atoms with Crippen molar-refractivity contribution in [3.05, 3.63) is 24.3 Å². The van der Waals surface area contributed by atoms with Gasteiger partial charge in [0, 0.05) is 18.7 Å². The van der Waals surface area contributed by atoms with Gasteiger partial charge in [-0.2, -0.15) is 0 Å². The first-order valence-electron chi connectivity index (χ1n) is 6.03. The molecule has 20 heavy (non-hydrogen) atoms. The fourth-order valence-electron chi connectivity index (χ4n) is 1.45. The zero-order valence-electron chi connectivity index (χ0n) is 11.6. The maximum Gasteiger partial charge on any atom is 0.234 e. The number of rotatable bonds is 7. The zero-order chi connectivity index (χ0) is 14.1. The summed E-state index contributed by atoms with van der Waals surface area (Å²) in [6, 6.07) is 7.10. The molecule has 0 saturated heterocycles. The number of hydrogen-bond donors (Lipinski definition) is 3. The summed E-state index contributed by atoms with van der Waals surface area (Å²) < 4.78 is 5.47. The number of anilines is 1. The number of likely N-dealkylation sites (N-methyl/N-ethyl adjacent to an activating group) is 1. The molecule has 0 aliphatic heterocycles. The van der Waals surface area contributed by atoms with Gasteiger partial charge in [0.25, 0.3) is 0 Å². The zero-order valence-corrected chi connectivity index (χ0v) is 12.4. The number of carbonyl (C=O) groups is 2. The Balaban J connectivity index is 0.00000361. The Morgan fingerprint density at radius 3 is 2.70 bits per heavy atom. The highest BCUT2D eigenvalue weighted by Gasteiger charge is 2.00. The molecule has 1 aromatic rings. The molecule has 0 aliphatic carbocycles. The minimum Gasteiger partial charge on any atom is -0.492 e. The highest BCUT2D eigenvalue weighted by molar-refractivity contribution is 5.88. The first-order chi connectivity index (χ1) is 9.11. The van der Waals surface area contributed by atoms with E-state index in [9.17, 15) is 9.59 Å². The van der Waals surface area contributed by atoms with Crippen molar-refractivity contribution in [1.82, 2.24) is 10.6 Å². The second kappa shape index (κ2) is 10.1. The van der Waals surface area contributed by atoms with Gasteiger partial charge in [-0.15, -0.1) is 12.4 Å². The molecular weight excluding hydrogens is 282 g/mol. The lowest BCUT2D eigenvalue weighted by Crippen LogP contribution is -2.34. The van der Waals surface area contributed by atoms with Crippen molar-refractivity contribution in [3.63, 3.8) is 0 Å². The van der Waals surface area contributed by atoms with Crippen molar-refractivity contribution < 1.29 is 14.3 Å². The van der Waals surface area contributed by atoms with Gasteiger partial charge in [-0.05, 0) is 19.2 Å². The van der Waals surface area contributed by atoms with Crippen LogP contribution in [0.3, 0.4) is 0 Å². The number of amides is 2. The minimum atomic E-state index is -0.128. The van der Waals surface area contributed by atoms with Gasteiger partial charge in [0.05, 0.1) is 13.1 Å². The Morgan fingerprint density at radius 1 is 1.30 bits per heavy atom. The number of ether oxygens (including phenoxy) is 1. The largest absolute Gasteiger partial charge is 0.492 e. The van der Waals surface area contributed by atoms with Crippen molar-refractivity contribution in [3.8, 4) is 5.75 Å². The number of carbonyl (C=O) groups excluding carboxylic acids is 2. The van der Waals surface area contributed by atoms with E-state index >= 15 is 0 Å². The molecule has 2 amide bonds. The molecule has 0 heterocycles. The first-order valence-corrected chi connectivity index (χ1v) is 6.03. The highest BCUT2D eigenvalue weighted by Crippen LogP contribution is 2.16. The van der Waals surface area contributed by atoms with E-state index in [1.54, 1.807) is 31.3 Å². The molecule has 112 valence electrons. The van der Waals surface area contributed by atoms with Gasteiger partial charge in [-0.25, -0.2) is 0 Å². The van der Waals surface area contributed by atoms with Crippen LogP contribution in [0.25, 0.3) is 0 Å². The lowest BCUT2D eigenvalue weighted by Gasteiger charge is -2.09. The lowest BCUT2D eigenvalue weighted by atomic mass is 10.3. The smallest absolute Gasteiger partial charge is 0.234 e. The van der Waals surface area contributed by atoms with Gasteiger partial charge in [0.2, 0.25) is 11.8 Å². The second-order valence-corrected chi connectivity index (χ2v) is 3.94. The van der Waals surface area contributed by atoms with Crippen LogP contribution in [0.5, 0.6) is 5.75 Å². The Bertz CT molecular complexity index is 441. The summed E-state index contributed by atoms with van der Waals surface area (Å²) in [4.78, 5) is 22.1. The summed E-state index contributed by atoms with van der Waals surface area (Å²) in [6.07, 6.45) is 0. The fourth-order valence-corrected chi connectivity index (χ4v) is 1.45. The van der Waals surface area contributed by atoms with Crippen LogP contribution < -0.4 is 20.7 Å². The SMILES string of the molecule is CNCC(=O)NCCOc1cccc(NC(C)=O)c1.Cl. The second-order valence-electron chi connectivity index (χ2n) is 3.94. The van der Waals surface area contributed by atoms with Crippen molar-refractivity contribution in [2.45, 2.75) is 6.92 Å². The van der Waals surface area contributed by atoms with Crippen molar-refractivity contribution in [2.75, 3.05) is 32.1 Å². The quantitative estimate of drug-likeness (QED) is 0.650. The van der Waals surface area contributed by atoms with E-state index in [0.29, 0.717) is 24.6 Å². The topological polar surface area (TPSA) is 79.5 Å². The molecule has 0 aromatic heterocycles. The van der Waals surface area contributed by atoms with E-state index in [-0.39, 0.29) is 30.8 Å². The molecule has 7 heteroatoms. The van der Waals surface area contributed by atoms with Crippen LogP contribution in [0.1, 0.15) is 6.92 Å². The van der Waals surface area contributed by atoms with E-state index in [1.165, 1.54) is 6.92 Å². The number of hydrogen-bond acceptors (Lipinski definition) is 4. The maximum absolute atomic E-state index is 11.2. The normalized spacial score (nSPS) is 9.30. The Labute approximate surface area is 124 Å². The Kier molecular flexibility index (Phi) is 9.15. The summed E-state index contributed by atoms with van der Waals surface area (Å²) in [5.74, 6) is 0.448. The number of benzene rings is 1. The average Bonchev–Trinajstić information content (AvgIpc) is 2.35. The summed E-state index contributed by atoms with van der Waals surface area (Å²) in [5.41, 5.74) is 0.684. The molecule has 0 aliphatic rings. The van der Waals surface area contributed by atoms with Crippen LogP contribution in [0.15, 0.2) is 24.3 Å². The van der Waals surface area contributed by atoms with Crippen LogP contribution in [0.4, 0.5) is 5.69 Å². The summed E-state index contributed by atoms with van der Waals surface area (Å²) >= 11 is 0. The van der Waals surface area contributed by atoms with Crippen LogP contribution in [-0.4, -0.2) is 38.6 Å². The van der Waals surface area contributed by atoms with E-state index < -0.39 is 0 Å². The fraction of sp³-hybridized carbons (Fsp3) is 0.385. The molecule has 1 aromatic carbocycles. The first kappa shape index (κ1) is 18.2. The molecule has 0 spiro atoms. The summed E-state index contributed by atoms with van der Waals surface area (Å²) in [5, 5.41) is 8.14. The monoisotopic (exact) mass is 301 g/mol. The highest BCUT2D eigenvalue weighted by atomic mass is 35.5. The average molecular weight is 302 g/mol. The standard InChI is InChI=1S/C13H19N3O3.ClH/c1-10(17)16-11-4-3-5-12(8-11)19-7-6-15-13(18)9-14-2;/h3-5,8,14H,6-7,9H2,1-2H3,(H,15,18)(H,16,17);1H.